The highest BCUT2D eigenvalue weighted by molar-refractivity contribution is 9.09. The Balaban J connectivity index is 2.20. The molecule has 0 radical (unpaired) electrons. The van der Waals surface area contributed by atoms with Crippen molar-refractivity contribution in [2.24, 2.45) is 5.18 Å². The van der Waals surface area contributed by atoms with Gasteiger partial charge in [0.15, 0.2) is 0 Å². The summed E-state index contributed by atoms with van der Waals surface area (Å²) in [6, 6.07) is -1.09. The molecule has 3 N–H and O–H groups in total. The van der Waals surface area contributed by atoms with Crippen LogP contribution in [0.4, 0.5) is 0 Å². The van der Waals surface area contributed by atoms with Gasteiger partial charge in [0.05, 0.1) is 5.33 Å². The molecule has 2 aliphatic rings. The van der Waals surface area contributed by atoms with Gasteiger partial charge in [0.2, 0.25) is 5.70 Å². The first-order chi connectivity index (χ1) is 12.7. The summed E-state index contributed by atoms with van der Waals surface area (Å²) in [6.45, 7) is 0.910. The second kappa shape index (κ2) is 8.52. The molecule has 2 aliphatic heterocycles. The maximum atomic E-state index is 12.4. The van der Waals surface area contributed by atoms with Gasteiger partial charge < -0.3 is 20.3 Å². The van der Waals surface area contributed by atoms with Crippen molar-refractivity contribution >= 4 is 51.4 Å². The zero-order valence-electron chi connectivity index (χ0n) is 13.8. The van der Waals surface area contributed by atoms with Gasteiger partial charge in [-0.2, -0.15) is 0 Å². The van der Waals surface area contributed by atoms with E-state index in [2.05, 4.69) is 26.4 Å². The third kappa shape index (κ3) is 4.13. The monoisotopic (exact) mass is 463 g/mol. The van der Waals surface area contributed by atoms with Gasteiger partial charge in [-0.25, -0.2) is 4.79 Å². The standard InChI is InChI=1S/C14H14BrN3O8S/c1-5(19)26-3-6-4-27-13-9(12(22)18(13)10(6)14(23)24)16-11(21)8(17-25)7(20)2-15/h9,13,20H,2-4H2,1H3,(H,16,21)(H,23,24)/t9-,13-/m1/s1. The van der Waals surface area contributed by atoms with E-state index >= 15 is 0 Å². The van der Waals surface area contributed by atoms with E-state index in [9.17, 15) is 34.3 Å². The van der Waals surface area contributed by atoms with Gasteiger partial charge >= 0.3 is 11.9 Å². The van der Waals surface area contributed by atoms with Gasteiger partial charge in [-0.15, -0.1) is 16.7 Å². The molecular weight excluding hydrogens is 450 g/mol. The molecule has 0 bridgehead atoms. The van der Waals surface area contributed by atoms with Crippen LogP contribution in [0, 0.1) is 4.91 Å². The average Bonchev–Trinajstić information content (AvgIpc) is 2.63. The number of esters is 1. The number of nitroso groups, excluding NO2 is 1. The molecule has 13 heteroatoms. The number of halogens is 1. The highest BCUT2D eigenvalue weighted by Gasteiger charge is 2.54. The lowest BCUT2D eigenvalue weighted by Crippen LogP contribution is -2.70. The Morgan fingerprint density at radius 3 is 2.59 bits per heavy atom. The number of carbonyl (C=O) groups excluding carboxylic acids is 3. The molecule has 0 spiro atoms. The van der Waals surface area contributed by atoms with Crippen LogP contribution in [0.3, 0.4) is 0 Å². The van der Waals surface area contributed by atoms with E-state index in [4.69, 9.17) is 4.74 Å². The van der Waals surface area contributed by atoms with E-state index in [1.807, 2.05) is 0 Å². The highest BCUT2D eigenvalue weighted by atomic mass is 79.9. The van der Waals surface area contributed by atoms with Crippen molar-refractivity contribution in [3.05, 3.63) is 27.6 Å². The molecule has 2 amide bonds. The Morgan fingerprint density at radius 2 is 2.07 bits per heavy atom. The predicted molar refractivity (Wildman–Crippen MR) is 95.6 cm³/mol. The molecule has 0 unspecified atom stereocenters. The van der Waals surface area contributed by atoms with Gasteiger partial charge in [0.1, 0.15) is 29.5 Å². The summed E-state index contributed by atoms with van der Waals surface area (Å²) >= 11 is 4.03. The molecule has 0 aromatic rings. The number of allylic oxidation sites excluding steroid dienone is 1. The van der Waals surface area contributed by atoms with Gasteiger partial charge in [-0.05, 0) is 5.18 Å². The van der Waals surface area contributed by atoms with Crippen molar-refractivity contribution < 1.29 is 34.1 Å². The third-order valence-corrected chi connectivity index (χ3v) is 5.56. The SMILES string of the molecule is CC(=O)OCC1=C(C(=O)O)N2C(=O)[C@@H](NC(=O)C(N=O)=C(O)CBr)[C@H]2SC1. The number of ether oxygens (including phenoxy) is 1. The van der Waals surface area contributed by atoms with Crippen molar-refractivity contribution in [3.8, 4) is 0 Å². The van der Waals surface area contributed by atoms with Crippen LogP contribution in [0.5, 0.6) is 0 Å². The molecule has 0 aliphatic carbocycles. The molecule has 0 saturated carbocycles. The van der Waals surface area contributed by atoms with E-state index in [1.54, 1.807) is 0 Å². The minimum absolute atomic E-state index is 0.164. The van der Waals surface area contributed by atoms with Crippen LogP contribution < -0.4 is 5.32 Å². The number of alkyl halides is 1. The number of aliphatic hydroxyl groups is 1. The summed E-state index contributed by atoms with van der Waals surface area (Å²) in [5.41, 5.74) is -0.823. The van der Waals surface area contributed by atoms with E-state index in [0.717, 1.165) is 16.7 Å². The van der Waals surface area contributed by atoms with Gasteiger partial charge in [0, 0.05) is 18.2 Å². The van der Waals surface area contributed by atoms with Crippen LogP contribution in [0.15, 0.2) is 27.9 Å². The molecule has 11 nitrogen and oxygen atoms in total. The number of aliphatic carboxylic acids is 1. The Kier molecular flexibility index (Phi) is 6.59. The Morgan fingerprint density at radius 1 is 1.41 bits per heavy atom. The predicted octanol–water partition coefficient (Wildman–Crippen LogP) is 0.219. The van der Waals surface area contributed by atoms with Gasteiger partial charge in [0.25, 0.3) is 11.8 Å². The van der Waals surface area contributed by atoms with Crippen LogP contribution in [0.25, 0.3) is 0 Å². The number of carbonyl (C=O) groups is 4. The number of hydrogen-bond donors (Lipinski definition) is 3. The number of carboxylic acid groups (broad SMARTS) is 1. The minimum Gasteiger partial charge on any atom is -0.509 e. The number of nitrogens with one attached hydrogen (secondary N) is 1. The largest absolute Gasteiger partial charge is 0.509 e. The molecular formula is C14H14BrN3O8S. The number of aliphatic hydroxyl groups excluding tert-OH is 1. The third-order valence-electron chi connectivity index (χ3n) is 3.69. The van der Waals surface area contributed by atoms with Crippen molar-refractivity contribution in [1.82, 2.24) is 10.2 Å². The number of hydrogen-bond acceptors (Lipinski definition) is 9. The normalized spacial score (nSPS) is 22.3. The molecule has 0 aromatic heterocycles. The summed E-state index contributed by atoms with van der Waals surface area (Å²) in [5, 5.41) is 22.7. The maximum Gasteiger partial charge on any atom is 0.352 e. The second-order valence-corrected chi connectivity index (χ2v) is 7.08. The molecule has 1 saturated heterocycles. The molecule has 2 heterocycles. The fourth-order valence-corrected chi connectivity index (χ4v) is 4.07. The molecule has 2 rings (SSSR count). The van der Waals surface area contributed by atoms with Gasteiger partial charge in [-0.1, -0.05) is 15.9 Å². The van der Waals surface area contributed by atoms with E-state index in [0.29, 0.717) is 0 Å². The van der Waals surface area contributed by atoms with Crippen LogP contribution in [-0.4, -0.2) is 68.0 Å². The molecule has 1 fully saturated rings. The topological polar surface area (TPSA) is 163 Å². The Labute approximate surface area is 164 Å². The number of thioether (sulfide) groups is 1. The summed E-state index contributed by atoms with van der Waals surface area (Å²) in [7, 11) is 0. The zero-order chi connectivity index (χ0) is 20.3. The first-order valence-electron chi connectivity index (χ1n) is 7.38. The lowest BCUT2D eigenvalue weighted by atomic mass is 10.0. The Hall–Kier alpha value is -2.41. The smallest absolute Gasteiger partial charge is 0.352 e. The quantitative estimate of drug-likeness (QED) is 0.119. The van der Waals surface area contributed by atoms with Crippen molar-refractivity contribution in [1.29, 1.82) is 0 Å². The number of amides is 2. The summed E-state index contributed by atoms with van der Waals surface area (Å²) < 4.78 is 4.81. The molecule has 27 heavy (non-hydrogen) atoms. The van der Waals surface area contributed by atoms with E-state index in [1.165, 1.54) is 6.92 Å². The summed E-state index contributed by atoms with van der Waals surface area (Å²) in [4.78, 5) is 58.7. The highest BCUT2D eigenvalue weighted by Crippen LogP contribution is 2.40. The van der Waals surface area contributed by atoms with Gasteiger partial charge in [-0.3, -0.25) is 19.3 Å². The van der Waals surface area contributed by atoms with Crippen LogP contribution >= 0.6 is 27.7 Å². The molecule has 0 aromatic carbocycles. The van der Waals surface area contributed by atoms with Crippen LogP contribution in [0.2, 0.25) is 0 Å². The Bertz CT molecular complexity index is 780. The first kappa shape index (κ1) is 20.9. The zero-order valence-corrected chi connectivity index (χ0v) is 16.2. The van der Waals surface area contributed by atoms with Crippen molar-refractivity contribution in [2.75, 3.05) is 17.7 Å². The minimum atomic E-state index is -1.37. The number of nitrogens with zero attached hydrogens (tertiary/aromatic N) is 2. The van der Waals surface area contributed by atoms with Crippen LogP contribution in [-0.2, 0) is 23.9 Å². The van der Waals surface area contributed by atoms with Crippen LogP contribution in [0.1, 0.15) is 6.92 Å². The molecule has 2 atom stereocenters. The van der Waals surface area contributed by atoms with E-state index in [-0.39, 0.29) is 29.0 Å². The van der Waals surface area contributed by atoms with Crippen molar-refractivity contribution in [2.45, 2.75) is 18.3 Å². The second-order valence-electron chi connectivity index (χ2n) is 5.42. The molecule has 146 valence electrons. The van der Waals surface area contributed by atoms with Crippen molar-refractivity contribution in [3.63, 3.8) is 0 Å². The lowest BCUT2D eigenvalue weighted by Gasteiger charge is -2.49. The van der Waals surface area contributed by atoms with E-state index < -0.39 is 46.6 Å². The number of fused-ring (bicyclic) bond motifs is 1. The first-order valence-corrected chi connectivity index (χ1v) is 9.55. The fraction of sp³-hybridized carbons (Fsp3) is 0.429. The lowest BCUT2D eigenvalue weighted by molar-refractivity contribution is -0.150. The maximum absolute atomic E-state index is 12.4. The summed E-state index contributed by atoms with van der Waals surface area (Å²) in [5.74, 6) is -4.15. The number of β-lactam (4-membered cyclic amide) rings is 1. The number of rotatable bonds is 7. The number of carboxylic acids is 1. The summed E-state index contributed by atoms with van der Waals surface area (Å²) in [6.07, 6.45) is 0. The average molecular weight is 464 g/mol. The fourth-order valence-electron chi connectivity index (χ4n) is 2.48.